The highest BCUT2D eigenvalue weighted by atomic mass is 32.1. The van der Waals surface area contributed by atoms with E-state index in [4.69, 9.17) is 14.4 Å². The lowest BCUT2D eigenvalue weighted by molar-refractivity contribution is 0.663. The second-order valence-corrected chi connectivity index (χ2v) is 16.0. The highest BCUT2D eigenvalue weighted by molar-refractivity contribution is 7.25. The molecule has 57 heavy (non-hydrogen) atoms. The lowest BCUT2D eigenvalue weighted by Crippen LogP contribution is -2.33. The summed E-state index contributed by atoms with van der Waals surface area (Å²) >= 11 is 1.82. The summed E-state index contributed by atoms with van der Waals surface area (Å²) in [5.41, 5.74) is 10.9. The topological polar surface area (TPSA) is 53.1 Å². The summed E-state index contributed by atoms with van der Waals surface area (Å²) in [5.74, 6) is 1.84. The molecule has 1 N–H and O–H groups in total. The van der Waals surface area contributed by atoms with E-state index in [0.29, 0.717) is 5.92 Å². The van der Waals surface area contributed by atoms with Crippen LogP contribution in [0.4, 0.5) is 11.4 Å². The number of nitrogens with one attached hydrogen (secondary N) is 1. The molecule has 2 aliphatic heterocycles. The van der Waals surface area contributed by atoms with Gasteiger partial charge in [0.2, 0.25) is 0 Å². The number of hydrogen-bond donors (Lipinski definition) is 1. The summed E-state index contributed by atoms with van der Waals surface area (Å²) in [4.78, 5) is 12.6. The molecule has 0 saturated carbocycles. The van der Waals surface area contributed by atoms with Crippen molar-refractivity contribution in [3.05, 3.63) is 204 Å². The molecule has 0 fully saturated rings. The van der Waals surface area contributed by atoms with Crippen molar-refractivity contribution in [3.8, 4) is 11.1 Å². The minimum atomic E-state index is -0.251. The molecule has 0 radical (unpaired) electrons. The van der Waals surface area contributed by atoms with Crippen molar-refractivity contribution in [3.63, 3.8) is 0 Å². The Labute approximate surface area is 333 Å². The molecule has 270 valence electrons. The van der Waals surface area contributed by atoms with Gasteiger partial charge in [-0.25, -0.2) is 9.98 Å². The van der Waals surface area contributed by atoms with Crippen molar-refractivity contribution in [1.82, 2.24) is 5.32 Å². The summed E-state index contributed by atoms with van der Waals surface area (Å²) < 4.78 is 9.34. The molecule has 2 aromatic heterocycles. The van der Waals surface area contributed by atoms with Gasteiger partial charge in [0.1, 0.15) is 17.6 Å². The zero-order valence-electron chi connectivity index (χ0n) is 30.7. The monoisotopic (exact) mass is 750 g/mol. The Hall–Kier alpha value is -7.02. The molecule has 0 amide bonds. The van der Waals surface area contributed by atoms with Crippen LogP contribution >= 0.6 is 11.3 Å². The number of amidine groups is 2. The zero-order chi connectivity index (χ0) is 37.5. The molecule has 3 aliphatic rings. The number of rotatable bonds is 5. The highest BCUT2D eigenvalue weighted by Gasteiger charge is 2.38. The van der Waals surface area contributed by atoms with Crippen LogP contribution in [0.5, 0.6) is 0 Å². The lowest BCUT2D eigenvalue weighted by Gasteiger charge is -2.28. The fourth-order valence-electron chi connectivity index (χ4n) is 9.04. The summed E-state index contributed by atoms with van der Waals surface area (Å²) in [6.45, 7) is 0. The predicted molar refractivity (Wildman–Crippen MR) is 237 cm³/mol. The van der Waals surface area contributed by atoms with Crippen LogP contribution in [-0.4, -0.2) is 17.7 Å². The molecule has 3 unspecified atom stereocenters. The van der Waals surface area contributed by atoms with E-state index in [2.05, 4.69) is 168 Å². The average molecular weight is 751 g/mol. The summed E-state index contributed by atoms with van der Waals surface area (Å²) in [5, 5.41) is 8.35. The fraction of sp³-hybridized carbons (Fsp3) is 0.0588. The van der Waals surface area contributed by atoms with Gasteiger partial charge in [-0.05, 0) is 70.8 Å². The molecule has 12 rings (SSSR count). The van der Waals surface area contributed by atoms with Crippen LogP contribution in [0.2, 0.25) is 0 Å². The molecule has 5 nitrogen and oxygen atoms in total. The largest absolute Gasteiger partial charge is 0.454 e. The number of hydrogen-bond acceptors (Lipinski definition) is 6. The molecular formula is C51H34N4OS. The van der Waals surface area contributed by atoms with Crippen LogP contribution < -0.4 is 10.2 Å². The SMILES string of the molecule is C1=CC2c3ccccc3N(c3cccc4c3oc3cccc(-c5ccc6sc7ccc(C8=NC(c9ccccc9)=NC(c9ccccc9)N8)cc7c6c5)c34)C2C=C1. The maximum atomic E-state index is 6.85. The second-order valence-electron chi connectivity index (χ2n) is 14.9. The van der Waals surface area contributed by atoms with Crippen LogP contribution in [0.1, 0.15) is 34.3 Å². The normalized spacial score (nSPS) is 18.5. The molecule has 0 saturated heterocycles. The molecule has 0 bridgehead atoms. The Morgan fingerprint density at radius 1 is 0.596 bits per heavy atom. The van der Waals surface area contributed by atoms with E-state index in [-0.39, 0.29) is 12.2 Å². The molecule has 9 aromatic rings. The number of anilines is 2. The number of furan rings is 1. The Morgan fingerprint density at radius 3 is 2.18 bits per heavy atom. The van der Waals surface area contributed by atoms with Gasteiger partial charge < -0.3 is 14.6 Å². The van der Waals surface area contributed by atoms with Crippen molar-refractivity contribution in [2.75, 3.05) is 4.90 Å². The molecule has 0 spiro atoms. The van der Waals surface area contributed by atoms with Crippen LogP contribution in [0.15, 0.2) is 196 Å². The molecule has 3 atom stereocenters. The number of para-hydroxylation sites is 2. The van der Waals surface area contributed by atoms with E-state index in [0.717, 1.165) is 67.1 Å². The summed E-state index contributed by atoms with van der Waals surface area (Å²) in [6.07, 6.45) is 8.73. The van der Waals surface area contributed by atoms with Crippen LogP contribution in [0.3, 0.4) is 0 Å². The van der Waals surface area contributed by atoms with Crippen molar-refractivity contribution >= 4 is 76.5 Å². The lowest BCUT2D eigenvalue weighted by atomic mass is 9.91. The smallest absolute Gasteiger partial charge is 0.159 e. The number of fused-ring (bicyclic) bond motifs is 9. The van der Waals surface area contributed by atoms with E-state index in [1.54, 1.807) is 0 Å². The molecule has 1 aliphatic carbocycles. The van der Waals surface area contributed by atoms with Gasteiger partial charge >= 0.3 is 0 Å². The maximum absolute atomic E-state index is 6.85. The van der Waals surface area contributed by atoms with Crippen molar-refractivity contribution in [1.29, 1.82) is 0 Å². The Kier molecular flexibility index (Phi) is 7.22. The minimum Gasteiger partial charge on any atom is -0.454 e. The Balaban J connectivity index is 0.974. The van der Waals surface area contributed by atoms with E-state index in [1.807, 2.05) is 35.6 Å². The highest BCUT2D eigenvalue weighted by Crippen LogP contribution is 2.50. The third-order valence-electron chi connectivity index (χ3n) is 11.7. The fourth-order valence-corrected chi connectivity index (χ4v) is 10.1. The quantitative estimate of drug-likeness (QED) is 0.191. The number of allylic oxidation sites excluding steroid dienone is 2. The number of thiophene rings is 1. The molecule has 4 heterocycles. The third-order valence-corrected chi connectivity index (χ3v) is 12.8. The van der Waals surface area contributed by atoms with E-state index < -0.39 is 0 Å². The van der Waals surface area contributed by atoms with Gasteiger partial charge in [-0.2, -0.15) is 0 Å². The maximum Gasteiger partial charge on any atom is 0.159 e. The molecular weight excluding hydrogens is 717 g/mol. The third kappa shape index (κ3) is 5.14. The van der Waals surface area contributed by atoms with Gasteiger partial charge in [0.05, 0.1) is 11.7 Å². The van der Waals surface area contributed by atoms with Gasteiger partial charge in [-0.3, -0.25) is 0 Å². The van der Waals surface area contributed by atoms with Crippen LogP contribution in [0.25, 0.3) is 53.2 Å². The van der Waals surface area contributed by atoms with Gasteiger partial charge in [0, 0.05) is 53.7 Å². The minimum absolute atomic E-state index is 0.195. The number of nitrogens with zero attached hydrogens (tertiary/aromatic N) is 3. The van der Waals surface area contributed by atoms with Crippen molar-refractivity contribution < 1.29 is 4.42 Å². The molecule has 7 aromatic carbocycles. The first-order valence-corrected chi connectivity index (χ1v) is 20.2. The van der Waals surface area contributed by atoms with Gasteiger partial charge in [-0.1, -0.05) is 133 Å². The van der Waals surface area contributed by atoms with E-state index in [1.165, 1.54) is 31.4 Å². The second kappa shape index (κ2) is 12.8. The summed E-state index contributed by atoms with van der Waals surface area (Å²) in [6, 6.07) is 56.2. The number of benzene rings is 7. The standard InChI is InChI=1S/C51H34N4OS/c1-3-13-31(14-4-1)49-52-50(32-15-5-2-6-16-32)54-51(53-49)34-26-28-46-40(30-34)39-29-33(25-27-45(39)57-46)35-19-12-24-44-47(35)38-20-11-23-43(48(38)56-44)55-41-21-9-7-17-36(41)37-18-8-10-22-42(37)55/h1-30,36,41,49H,(H,52,53,54). The van der Waals surface area contributed by atoms with Crippen molar-refractivity contribution in [2.24, 2.45) is 9.98 Å². The van der Waals surface area contributed by atoms with E-state index >= 15 is 0 Å². The van der Waals surface area contributed by atoms with Gasteiger partial charge in [-0.15, -0.1) is 11.3 Å². The average Bonchev–Trinajstić information content (AvgIpc) is 3.96. The first-order valence-electron chi connectivity index (χ1n) is 19.4. The van der Waals surface area contributed by atoms with Gasteiger partial charge in [0.15, 0.2) is 11.4 Å². The summed E-state index contributed by atoms with van der Waals surface area (Å²) in [7, 11) is 0. The Bertz CT molecular complexity index is 3190. The van der Waals surface area contributed by atoms with Gasteiger partial charge in [0.25, 0.3) is 0 Å². The van der Waals surface area contributed by atoms with Crippen LogP contribution in [0, 0.1) is 0 Å². The van der Waals surface area contributed by atoms with Crippen molar-refractivity contribution in [2.45, 2.75) is 18.1 Å². The number of aliphatic imine (C=N–C) groups is 2. The molecule has 6 heteroatoms. The van der Waals surface area contributed by atoms with E-state index in [9.17, 15) is 0 Å². The first-order chi connectivity index (χ1) is 28.2. The zero-order valence-corrected chi connectivity index (χ0v) is 31.5. The van der Waals surface area contributed by atoms with Crippen LogP contribution in [-0.2, 0) is 0 Å². The first kappa shape index (κ1) is 32.2. The predicted octanol–water partition coefficient (Wildman–Crippen LogP) is 12.8. The Morgan fingerprint density at radius 2 is 1.32 bits per heavy atom.